The van der Waals surface area contributed by atoms with Crippen molar-refractivity contribution in [2.24, 2.45) is 16.7 Å². The summed E-state index contributed by atoms with van der Waals surface area (Å²) in [5, 5.41) is 0. The van der Waals surface area contributed by atoms with E-state index >= 15 is 0 Å². The summed E-state index contributed by atoms with van der Waals surface area (Å²) in [6, 6.07) is 0. The molecule has 3 fully saturated rings. The molecule has 98 valence electrons. The second-order valence-corrected chi connectivity index (χ2v) is 7.43. The fourth-order valence-corrected chi connectivity index (χ4v) is 4.21. The summed E-state index contributed by atoms with van der Waals surface area (Å²) >= 11 is 0. The lowest BCUT2D eigenvalue weighted by Gasteiger charge is -2.44. The fourth-order valence-electron chi connectivity index (χ4n) is 4.21. The number of nitrogens with zero attached hydrogens (tertiary/aromatic N) is 1. The fraction of sp³-hybridized carbons (Fsp3) is 1.00. The lowest BCUT2D eigenvalue weighted by molar-refractivity contribution is 0.0691. The Hall–Kier alpha value is -0.110. The first-order chi connectivity index (χ1) is 8.59. The molecular weight excluding hydrogens is 213 g/mol. The van der Waals surface area contributed by atoms with Gasteiger partial charge in [0.2, 0.25) is 0 Å². The van der Waals surface area contributed by atoms with E-state index in [1.165, 1.54) is 0 Å². The molecule has 0 aromatic carbocycles. The van der Waals surface area contributed by atoms with Crippen molar-refractivity contribution in [3.8, 4) is 0 Å². The molecule has 3 aliphatic rings. The molecule has 0 N–H and O–H groups in total. The van der Waals surface area contributed by atoms with Crippen LogP contribution in [0.1, 0.15) is 56.1 Å². The normalized spacial score (nSPS) is 50.6. The maximum Gasteiger partial charge on any atom is 0.108 e. The van der Waals surface area contributed by atoms with Crippen LogP contribution in [0.15, 0.2) is 0 Å². The maximum absolute atomic E-state index is 13.8. The smallest absolute Gasteiger partial charge is 0.108 e. The summed E-state index contributed by atoms with van der Waals surface area (Å²) in [4.78, 5) is 2.30. The van der Waals surface area contributed by atoms with E-state index in [0.29, 0.717) is 12.8 Å². The van der Waals surface area contributed by atoms with Crippen molar-refractivity contribution >= 4 is 0 Å². The molecule has 0 aromatic heterocycles. The van der Waals surface area contributed by atoms with Gasteiger partial charge in [0.25, 0.3) is 0 Å². The van der Waals surface area contributed by atoms with E-state index in [1.54, 1.807) is 0 Å². The number of fused-ring (bicyclic) bond motifs is 1. The predicted molar refractivity (Wildman–Crippen MR) is 68.7 cm³/mol. The van der Waals surface area contributed by atoms with Gasteiger partial charge < -0.3 is 0 Å². The molecule has 0 bridgehead atoms. The molecule has 2 heteroatoms. The minimum Gasteiger partial charge on any atom is -0.296 e. The van der Waals surface area contributed by atoms with Gasteiger partial charge in [-0.15, -0.1) is 0 Å². The summed E-state index contributed by atoms with van der Waals surface area (Å²) in [5.41, 5.74) is -0.776. The Labute approximate surface area is 108 Å². The number of halogens is 1. The van der Waals surface area contributed by atoms with E-state index in [-0.39, 0.29) is 16.7 Å². The molecule has 2 heterocycles. The van der Waals surface area contributed by atoms with Crippen LogP contribution in [0.2, 0.25) is 0 Å². The second-order valence-electron chi connectivity index (χ2n) is 7.43. The van der Waals surface area contributed by atoms with Gasteiger partial charge >= 0.3 is 0 Å². The Morgan fingerprint density at radius 2 is 2.12 bits per heavy atom. The van der Waals surface area contributed by atoms with Gasteiger partial charge in [-0.2, -0.15) is 0 Å². The molecule has 1 saturated carbocycles. The van der Waals surface area contributed by atoms with Crippen molar-refractivity contribution in [1.82, 2.24) is 4.90 Å². The Morgan fingerprint density at radius 3 is 2.65 bits per heavy atom. The molecule has 1 spiro atoms. The molecule has 3 atom stereocenters. The standard InChI is InChI=1S/C15H26FN/c1-11(2)7-15-9-14(8-12(14)16)10-17(15)6-5-13(15,3)4/h11-12H,5-10H2,1-4H3/t12-,14?,15+/m0/s1/i7D2. The highest BCUT2D eigenvalue weighted by Crippen LogP contribution is 2.67. The number of hydrogen-bond acceptors (Lipinski definition) is 1. The van der Waals surface area contributed by atoms with Crippen molar-refractivity contribution in [2.45, 2.75) is 65.0 Å². The Balaban J connectivity index is 2.07. The van der Waals surface area contributed by atoms with Crippen LogP contribution in [0.4, 0.5) is 4.39 Å². The molecule has 0 amide bonds. The van der Waals surface area contributed by atoms with Crippen LogP contribution in [-0.4, -0.2) is 29.7 Å². The summed E-state index contributed by atoms with van der Waals surface area (Å²) in [6.45, 7) is 9.99. The van der Waals surface area contributed by atoms with Gasteiger partial charge in [-0.1, -0.05) is 27.7 Å². The van der Waals surface area contributed by atoms with Crippen molar-refractivity contribution in [3.63, 3.8) is 0 Å². The minimum atomic E-state index is -1.27. The van der Waals surface area contributed by atoms with Gasteiger partial charge in [0.1, 0.15) is 6.17 Å². The summed E-state index contributed by atoms with van der Waals surface area (Å²) < 4.78 is 31.3. The van der Waals surface area contributed by atoms with E-state index in [4.69, 9.17) is 2.74 Å². The summed E-state index contributed by atoms with van der Waals surface area (Å²) in [5.74, 6) is -0.0423. The van der Waals surface area contributed by atoms with Crippen molar-refractivity contribution in [3.05, 3.63) is 0 Å². The SMILES string of the molecule is [2H]C([2H])(C(C)C)[C@]12CC3(C[C@@H]3F)CN1CCC2(C)C. The number of hydrogen-bond donors (Lipinski definition) is 0. The first kappa shape index (κ1) is 9.77. The second kappa shape index (κ2) is 3.26. The highest BCUT2D eigenvalue weighted by atomic mass is 19.1. The molecule has 2 aliphatic heterocycles. The van der Waals surface area contributed by atoms with Crippen molar-refractivity contribution < 1.29 is 7.13 Å². The molecule has 1 aliphatic carbocycles. The Bertz CT molecular complexity index is 409. The van der Waals surface area contributed by atoms with Crippen LogP contribution in [0.5, 0.6) is 0 Å². The average Bonchev–Trinajstić information content (AvgIpc) is 2.66. The zero-order valence-corrected chi connectivity index (χ0v) is 11.5. The van der Waals surface area contributed by atoms with Crippen LogP contribution in [0.3, 0.4) is 0 Å². The summed E-state index contributed by atoms with van der Waals surface area (Å²) in [6.07, 6.45) is 0.411. The van der Waals surface area contributed by atoms with Gasteiger partial charge in [0.15, 0.2) is 0 Å². The van der Waals surface area contributed by atoms with Crippen LogP contribution in [0, 0.1) is 16.7 Å². The Kier molecular flexibility index (Phi) is 1.87. The third-order valence-electron chi connectivity index (χ3n) is 5.40. The van der Waals surface area contributed by atoms with E-state index in [0.717, 1.165) is 19.5 Å². The van der Waals surface area contributed by atoms with Crippen LogP contribution >= 0.6 is 0 Å². The van der Waals surface area contributed by atoms with Crippen LogP contribution < -0.4 is 0 Å². The molecule has 1 nitrogen and oxygen atoms in total. The van der Waals surface area contributed by atoms with Crippen LogP contribution in [-0.2, 0) is 0 Å². The minimum absolute atomic E-state index is 0.0423. The third kappa shape index (κ3) is 1.46. The first-order valence-electron chi connectivity index (χ1n) is 7.98. The van der Waals surface area contributed by atoms with Gasteiger partial charge in [-0.05, 0) is 43.5 Å². The van der Waals surface area contributed by atoms with Gasteiger partial charge in [0, 0.05) is 20.2 Å². The topological polar surface area (TPSA) is 3.24 Å². The van der Waals surface area contributed by atoms with E-state index < -0.39 is 18.1 Å². The third-order valence-corrected chi connectivity index (χ3v) is 5.40. The summed E-state index contributed by atoms with van der Waals surface area (Å²) in [7, 11) is 0. The molecule has 1 unspecified atom stereocenters. The van der Waals surface area contributed by atoms with Crippen LogP contribution in [0.25, 0.3) is 0 Å². The quantitative estimate of drug-likeness (QED) is 0.713. The van der Waals surface area contributed by atoms with Crippen molar-refractivity contribution in [2.75, 3.05) is 13.1 Å². The lowest BCUT2D eigenvalue weighted by Crippen LogP contribution is -2.48. The van der Waals surface area contributed by atoms with Gasteiger partial charge in [-0.3, -0.25) is 4.90 Å². The van der Waals surface area contributed by atoms with Crippen molar-refractivity contribution in [1.29, 1.82) is 0 Å². The largest absolute Gasteiger partial charge is 0.296 e. The highest BCUT2D eigenvalue weighted by Gasteiger charge is 2.70. The molecular formula is C15H26FN. The van der Waals surface area contributed by atoms with E-state index in [1.807, 2.05) is 13.8 Å². The molecule has 2 saturated heterocycles. The predicted octanol–water partition coefficient (Wildman–Crippen LogP) is 3.64. The molecule has 0 radical (unpaired) electrons. The molecule has 0 aromatic rings. The maximum atomic E-state index is 13.8. The van der Waals surface area contributed by atoms with Gasteiger partial charge in [-0.25, -0.2) is 4.39 Å². The first-order valence-corrected chi connectivity index (χ1v) is 6.98. The zero-order valence-electron chi connectivity index (χ0n) is 13.5. The monoisotopic (exact) mass is 241 g/mol. The van der Waals surface area contributed by atoms with E-state index in [2.05, 4.69) is 18.7 Å². The van der Waals surface area contributed by atoms with Gasteiger partial charge in [0.05, 0.1) is 0 Å². The lowest BCUT2D eigenvalue weighted by atomic mass is 9.66. The Morgan fingerprint density at radius 1 is 1.47 bits per heavy atom. The highest BCUT2D eigenvalue weighted by molar-refractivity contribution is 5.22. The molecule has 3 rings (SSSR count). The number of alkyl halides is 1. The number of rotatable bonds is 2. The average molecular weight is 241 g/mol. The molecule has 17 heavy (non-hydrogen) atoms. The zero-order chi connectivity index (χ0) is 14.3. The van der Waals surface area contributed by atoms with E-state index in [9.17, 15) is 4.39 Å².